The Hall–Kier alpha value is -1.06. The van der Waals surface area contributed by atoms with Crippen molar-refractivity contribution in [3.05, 3.63) is 0 Å². The van der Waals surface area contributed by atoms with Crippen molar-refractivity contribution in [2.45, 2.75) is 40.2 Å². The lowest BCUT2D eigenvalue weighted by molar-refractivity contribution is -0.128. The molecule has 1 heterocycles. The minimum Gasteiger partial charge on any atom is -0.326 e. The summed E-state index contributed by atoms with van der Waals surface area (Å²) in [6.45, 7) is 8.52. The van der Waals surface area contributed by atoms with Crippen LogP contribution in [-0.4, -0.2) is 29.4 Å². The molecular formula is C11H20N2O2. The van der Waals surface area contributed by atoms with E-state index in [0.29, 0.717) is 12.5 Å². The van der Waals surface area contributed by atoms with Crippen LogP contribution in [0, 0.1) is 11.8 Å². The van der Waals surface area contributed by atoms with Gasteiger partial charge in [-0.3, -0.25) is 9.69 Å². The molecule has 2 atom stereocenters. The topological polar surface area (TPSA) is 49.4 Å². The molecule has 0 radical (unpaired) electrons. The first-order valence-corrected chi connectivity index (χ1v) is 5.59. The Morgan fingerprint density at radius 2 is 1.93 bits per heavy atom. The first-order chi connectivity index (χ1) is 6.97. The highest BCUT2D eigenvalue weighted by Gasteiger charge is 2.40. The van der Waals surface area contributed by atoms with E-state index in [2.05, 4.69) is 5.32 Å². The van der Waals surface area contributed by atoms with Gasteiger partial charge in [-0.15, -0.1) is 0 Å². The molecule has 0 aliphatic carbocycles. The van der Waals surface area contributed by atoms with Gasteiger partial charge in [-0.2, -0.15) is 0 Å². The number of nitrogens with zero attached hydrogens (tertiary/aromatic N) is 1. The summed E-state index contributed by atoms with van der Waals surface area (Å²) in [7, 11) is 0. The smallest absolute Gasteiger partial charge is 0.324 e. The summed E-state index contributed by atoms with van der Waals surface area (Å²) in [6, 6.07) is -0.555. The molecule has 15 heavy (non-hydrogen) atoms. The number of nitrogens with one attached hydrogen (secondary N) is 1. The van der Waals surface area contributed by atoms with Crippen molar-refractivity contribution in [3.8, 4) is 0 Å². The van der Waals surface area contributed by atoms with Crippen molar-refractivity contribution in [1.29, 1.82) is 0 Å². The van der Waals surface area contributed by atoms with Gasteiger partial charge in [0.15, 0.2) is 0 Å². The van der Waals surface area contributed by atoms with Gasteiger partial charge in [0.1, 0.15) is 6.04 Å². The normalized spacial score (nSPS) is 23.5. The molecule has 0 saturated carbocycles. The number of amides is 3. The molecule has 0 aromatic rings. The van der Waals surface area contributed by atoms with Gasteiger partial charge in [-0.1, -0.05) is 34.1 Å². The first kappa shape index (κ1) is 12.0. The van der Waals surface area contributed by atoms with Gasteiger partial charge in [0.25, 0.3) is 5.91 Å². The van der Waals surface area contributed by atoms with Gasteiger partial charge in [-0.25, -0.2) is 4.79 Å². The van der Waals surface area contributed by atoms with Crippen LogP contribution in [0.25, 0.3) is 0 Å². The first-order valence-electron chi connectivity index (χ1n) is 5.59. The molecule has 4 heteroatoms. The molecule has 0 bridgehead atoms. The van der Waals surface area contributed by atoms with Crippen LogP contribution in [0.1, 0.15) is 34.1 Å². The Morgan fingerprint density at radius 1 is 1.33 bits per heavy atom. The van der Waals surface area contributed by atoms with E-state index in [1.54, 1.807) is 0 Å². The summed E-state index contributed by atoms with van der Waals surface area (Å²) >= 11 is 0. The van der Waals surface area contributed by atoms with E-state index in [1.807, 2.05) is 27.7 Å². The van der Waals surface area contributed by atoms with Gasteiger partial charge in [-0.05, 0) is 11.8 Å². The number of rotatable bonds is 4. The quantitative estimate of drug-likeness (QED) is 0.720. The second-order valence-electron chi connectivity index (χ2n) is 4.66. The third kappa shape index (κ3) is 2.49. The fourth-order valence-corrected chi connectivity index (χ4v) is 1.70. The number of hydrogen-bond acceptors (Lipinski definition) is 2. The zero-order chi connectivity index (χ0) is 11.6. The Balaban J connectivity index is 2.70. The predicted octanol–water partition coefficient (Wildman–Crippen LogP) is 1.61. The molecule has 0 aromatic carbocycles. The molecular weight excluding hydrogens is 192 g/mol. The Bertz CT molecular complexity index is 263. The van der Waals surface area contributed by atoms with Gasteiger partial charge < -0.3 is 5.32 Å². The summed E-state index contributed by atoms with van der Waals surface area (Å²) in [5, 5.41) is 2.75. The second kappa shape index (κ2) is 4.64. The van der Waals surface area contributed by atoms with Crippen LogP contribution in [0.4, 0.5) is 4.79 Å². The summed E-state index contributed by atoms with van der Waals surface area (Å²) in [6.07, 6.45) is 0.895. The molecule has 0 unspecified atom stereocenters. The lowest BCUT2D eigenvalue weighted by Gasteiger charge is -2.17. The van der Waals surface area contributed by atoms with Gasteiger partial charge in [0, 0.05) is 6.54 Å². The molecule has 86 valence electrons. The SMILES string of the molecule is CC[C@H](C)[C@H]1NC(=O)N(CC(C)C)C1=O. The monoisotopic (exact) mass is 212 g/mol. The Kier molecular flexibility index (Phi) is 3.72. The zero-order valence-electron chi connectivity index (χ0n) is 9.91. The molecule has 1 saturated heterocycles. The number of imide groups is 1. The molecule has 1 aliphatic heterocycles. The highest BCUT2D eigenvalue weighted by molar-refractivity contribution is 6.04. The maximum Gasteiger partial charge on any atom is 0.324 e. The summed E-state index contributed by atoms with van der Waals surface area (Å²) < 4.78 is 0. The fourth-order valence-electron chi connectivity index (χ4n) is 1.70. The van der Waals surface area contributed by atoms with Crippen LogP contribution in [0.15, 0.2) is 0 Å². The fraction of sp³-hybridized carbons (Fsp3) is 0.818. The third-order valence-corrected chi connectivity index (χ3v) is 2.82. The number of hydrogen-bond donors (Lipinski definition) is 1. The van der Waals surface area contributed by atoms with Crippen molar-refractivity contribution < 1.29 is 9.59 Å². The van der Waals surface area contributed by atoms with E-state index >= 15 is 0 Å². The molecule has 1 N–H and O–H groups in total. The standard InChI is InChI=1S/C11H20N2O2/c1-5-8(4)9-10(14)13(6-7(2)3)11(15)12-9/h7-9H,5-6H2,1-4H3,(H,12,15)/t8-,9+/m0/s1. The number of carbonyl (C=O) groups is 2. The van der Waals surface area contributed by atoms with Gasteiger partial charge in [0.2, 0.25) is 0 Å². The Morgan fingerprint density at radius 3 is 2.40 bits per heavy atom. The van der Waals surface area contributed by atoms with Crippen molar-refractivity contribution in [2.75, 3.05) is 6.54 Å². The predicted molar refractivity (Wildman–Crippen MR) is 58.3 cm³/mol. The second-order valence-corrected chi connectivity index (χ2v) is 4.66. The van der Waals surface area contributed by atoms with Crippen LogP contribution >= 0.6 is 0 Å². The number of carbonyl (C=O) groups excluding carboxylic acids is 2. The van der Waals surface area contributed by atoms with E-state index in [1.165, 1.54) is 4.90 Å². The average molecular weight is 212 g/mol. The van der Waals surface area contributed by atoms with Crippen LogP contribution in [0.3, 0.4) is 0 Å². The Labute approximate surface area is 91.0 Å². The van der Waals surface area contributed by atoms with Crippen LogP contribution in [0.2, 0.25) is 0 Å². The van der Waals surface area contributed by atoms with Crippen LogP contribution in [-0.2, 0) is 4.79 Å². The van der Waals surface area contributed by atoms with E-state index in [0.717, 1.165) is 6.42 Å². The van der Waals surface area contributed by atoms with E-state index in [4.69, 9.17) is 0 Å². The minimum absolute atomic E-state index is 0.0666. The lowest BCUT2D eigenvalue weighted by Crippen LogP contribution is -2.36. The molecule has 1 fully saturated rings. The van der Waals surface area contributed by atoms with Gasteiger partial charge >= 0.3 is 6.03 Å². The molecule has 0 spiro atoms. The van der Waals surface area contributed by atoms with Gasteiger partial charge in [0.05, 0.1) is 0 Å². The van der Waals surface area contributed by atoms with E-state index < -0.39 is 0 Å². The van der Waals surface area contributed by atoms with Crippen molar-refractivity contribution in [2.24, 2.45) is 11.8 Å². The molecule has 3 amide bonds. The summed E-state index contributed by atoms with van der Waals surface area (Å²) in [4.78, 5) is 24.8. The van der Waals surface area contributed by atoms with Crippen LogP contribution in [0.5, 0.6) is 0 Å². The average Bonchev–Trinajstić information content (AvgIpc) is 2.44. The lowest BCUT2D eigenvalue weighted by atomic mass is 9.99. The molecule has 1 rings (SSSR count). The largest absolute Gasteiger partial charge is 0.326 e. The van der Waals surface area contributed by atoms with Crippen LogP contribution < -0.4 is 5.32 Å². The van der Waals surface area contributed by atoms with Crippen molar-refractivity contribution in [3.63, 3.8) is 0 Å². The summed E-state index contributed by atoms with van der Waals surface area (Å²) in [5.74, 6) is 0.456. The molecule has 1 aliphatic rings. The maximum atomic E-state index is 11.9. The molecule has 4 nitrogen and oxygen atoms in total. The zero-order valence-corrected chi connectivity index (χ0v) is 9.91. The third-order valence-electron chi connectivity index (χ3n) is 2.82. The highest BCUT2D eigenvalue weighted by Crippen LogP contribution is 2.17. The number of urea groups is 1. The molecule has 0 aromatic heterocycles. The van der Waals surface area contributed by atoms with E-state index in [9.17, 15) is 9.59 Å². The van der Waals surface area contributed by atoms with E-state index in [-0.39, 0.29) is 23.9 Å². The minimum atomic E-state index is -0.318. The van der Waals surface area contributed by atoms with Crippen molar-refractivity contribution >= 4 is 11.9 Å². The highest BCUT2D eigenvalue weighted by atomic mass is 16.2. The summed E-state index contributed by atoms with van der Waals surface area (Å²) in [5.41, 5.74) is 0. The van der Waals surface area contributed by atoms with Crippen molar-refractivity contribution in [1.82, 2.24) is 10.2 Å². The maximum absolute atomic E-state index is 11.9.